The van der Waals surface area contributed by atoms with Crippen molar-refractivity contribution in [2.24, 2.45) is 0 Å². The molecule has 0 amide bonds. The van der Waals surface area contributed by atoms with Crippen LogP contribution in [-0.2, 0) is 0 Å². The van der Waals surface area contributed by atoms with E-state index in [0.717, 1.165) is 31.4 Å². The van der Waals surface area contributed by atoms with Crippen LogP contribution in [0.5, 0.6) is 0 Å². The van der Waals surface area contributed by atoms with E-state index in [1.165, 1.54) is 24.2 Å². The van der Waals surface area contributed by atoms with Gasteiger partial charge in [0.2, 0.25) is 0 Å². The molecule has 0 radical (unpaired) electrons. The molecule has 0 fully saturated rings. The van der Waals surface area contributed by atoms with Crippen molar-refractivity contribution in [1.82, 2.24) is 0 Å². The van der Waals surface area contributed by atoms with Gasteiger partial charge in [-0.3, -0.25) is 0 Å². The summed E-state index contributed by atoms with van der Waals surface area (Å²) in [5.74, 6) is 0. The Balaban J connectivity index is 0. The minimum atomic E-state index is 1.07. The summed E-state index contributed by atoms with van der Waals surface area (Å²) in [4.78, 5) is 2.29. The van der Waals surface area contributed by atoms with Crippen molar-refractivity contribution < 1.29 is 0 Å². The van der Waals surface area contributed by atoms with E-state index in [0.29, 0.717) is 0 Å². The number of unbranched alkanes of at least 4 members (excludes halogenated alkanes) is 2. The van der Waals surface area contributed by atoms with Gasteiger partial charge in [0, 0.05) is 17.1 Å². The lowest BCUT2D eigenvalue weighted by atomic mass is 10.1. The van der Waals surface area contributed by atoms with E-state index in [1.807, 2.05) is 33.8 Å². The first-order chi connectivity index (χ1) is 13.8. The topological polar surface area (TPSA) is 3.24 Å². The van der Waals surface area contributed by atoms with Crippen molar-refractivity contribution in [3.05, 3.63) is 78.7 Å². The molecule has 0 saturated carbocycles. The van der Waals surface area contributed by atoms with Gasteiger partial charge in [-0.25, -0.2) is 0 Å². The molecule has 158 valence electrons. The van der Waals surface area contributed by atoms with Crippen LogP contribution in [0.3, 0.4) is 0 Å². The summed E-state index contributed by atoms with van der Waals surface area (Å²) in [6, 6.07) is 10.5. The molecule has 28 heavy (non-hydrogen) atoms. The van der Waals surface area contributed by atoms with Gasteiger partial charge in [0.1, 0.15) is 0 Å². The average molecular weight is 384 g/mol. The van der Waals surface area contributed by atoms with Crippen molar-refractivity contribution in [1.29, 1.82) is 0 Å². The molecule has 0 saturated heterocycles. The van der Waals surface area contributed by atoms with Gasteiger partial charge in [0.05, 0.1) is 0 Å². The third-order valence-electron chi connectivity index (χ3n) is 3.86. The zero-order chi connectivity index (χ0) is 21.6. The lowest BCUT2D eigenvalue weighted by molar-refractivity contribution is 0.886. The fraction of sp³-hybridized carbons (Fsp3) is 0.481. The molecule has 0 unspecified atom stereocenters. The van der Waals surface area contributed by atoms with Crippen LogP contribution in [0.4, 0.5) is 5.69 Å². The first-order valence-electron chi connectivity index (χ1n) is 11.3. The third-order valence-corrected chi connectivity index (χ3v) is 3.86. The van der Waals surface area contributed by atoms with Crippen molar-refractivity contribution >= 4 is 5.69 Å². The molecule has 1 aliphatic carbocycles. The minimum Gasteiger partial charge on any atom is -0.311 e. The Kier molecular flexibility index (Phi) is 21.4. The molecule has 1 aliphatic rings. The van der Waals surface area contributed by atoms with E-state index in [9.17, 15) is 0 Å². The highest BCUT2D eigenvalue weighted by Gasteiger charge is 2.13. The largest absolute Gasteiger partial charge is 0.311 e. The predicted octanol–water partition coefficient (Wildman–Crippen LogP) is 9.46. The highest BCUT2D eigenvalue weighted by Crippen LogP contribution is 2.28. The molecule has 0 atom stereocenters. The van der Waals surface area contributed by atoms with E-state index >= 15 is 0 Å². The second-order valence-corrected chi connectivity index (χ2v) is 5.90. The molecule has 0 aromatic heterocycles. The van der Waals surface area contributed by atoms with Gasteiger partial charge >= 0.3 is 0 Å². The number of allylic oxidation sites excluding steroid dienone is 5. The Bertz CT molecular complexity index is 547. The van der Waals surface area contributed by atoms with Gasteiger partial charge in [0.25, 0.3) is 0 Å². The number of rotatable bonds is 7. The van der Waals surface area contributed by atoms with Crippen molar-refractivity contribution in [3.63, 3.8) is 0 Å². The number of hydrogen-bond acceptors (Lipinski definition) is 1. The molecule has 1 heteroatoms. The van der Waals surface area contributed by atoms with Gasteiger partial charge in [-0.1, -0.05) is 111 Å². The molecule has 1 nitrogen and oxygen atoms in total. The number of benzene rings is 1. The number of hydrogen-bond donors (Lipinski definition) is 0. The Morgan fingerprint density at radius 1 is 0.929 bits per heavy atom. The fourth-order valence-corrected chi connectivity index (χ4v) is 2.35. The molecule has 0 spiro atoms. The lowest BCUT2D eigenvalue weighted by Gasteiger charge is -2.28. The summed E-state index contributed by atoms with van der Waals surface area (Å²) in [7, 11) is 0. The van der Waals surface area contributed by atoms with E-state index in [-0.39, 0.29) is 0 Å². The van der Waals surface area contributed by atoms with Crippen LogP contribution in [-0.4, -0.2) is 0 Å². The van der Waals surface area contributed by atoms with Gasteiger partial charge in [-0.2, -0.15) is 0 Å². The summed E-state index contributed by atoms with van der Waals surface area (Å²) in [5, 5.41) is 0. The maximum Gasteiger partial charge on any atom is 0.0461 e. The molecule has 0 bridgehead atoms. The van der Waals surface area contributed by atoms with Crippen LogP contribution in [0.25, 0.3) is 0 Å². The Morgan fingerprint density at radius 2 is 1.54 bits per heavy atom. The zero-order valence-electron chi connectivity index (χ0n) is 19.7. The molecule has 1 aromatic rings. The third kappa shape index (κ3) is 11.6. The summed E-state index contributed by atoms with van der Waals surface area (Å²) in [6.07, 6.45) is 18.1. The molecule has 2 rings (SSSR count). The maximum absolute atomic E-state index is 3.99. The molecule has 0 N–H and O–H groups in total. The average Bonchev–Trinajstić information content (AvgIpc) is 2.80. The molecule has 1 aromatic carbocycles. The Hall–Kier alpha value is -2.02. The first kappa shape index (κ1) is 28.2. The van der Waals surface area contributed by atoms with Gasteiger partial charge < -0.3 is 4.90 Å². The first-order valence-corrected chi connectivity index (χ1v) is 11.3. The Labute approximate surface area is 176 Å². The van der Waals surface area contributed by atoms with E-state index in [1.54, 1.807) is 0 Å². The standard InChI is InChI=1S/C19H23N.C4H10.2C2H6/c1-3-5-12-17(4-2)20(18-13-8-6-9-14-18)19-15-10-7-11-16-19;1-3-4-2;2*1-2/h4,6,8-10,12-16H,2-3,5,7,11H2,1H3;3-4H2,1-2H3;2*1-2H3/b17-12+;;;. The summed E-state index contributed by atoms with van der Waals surface area (Å²) in [6.45, 7) is 18.6. The van der Waals surface area contributed by atoms with Gasteiger partial charge in [-0.15, -0.1) is 0 Å². The second kappa shape index (κ2) is 21.3. The quantitative estimate of drug-likeness (QED) is 0.424. The monoisotopic (exact) mass is 383 g/mol. The summed E-state index contributed by atoms with van der Waals surface area (Å²) >= 11 is 0. The molecular weight excluding hydrogens is 338 g/mol. The highest BCUT2D eigenvalue weighted by molar-refractivity contribution is 5.62. The summed E-state index contributed by atoms with van der Waals surface area (Å²) in [5.41, 5.74) is 3.59. The van der Waals surface area contributed by atoms with Gasteiger partial charge in [-0.05, 0) is 43.5 Å². The zero-order valence-corrected chi connectivity index (χ0v) is 19.7. The smallest absolute Gasteiger partial charge is 0.0461 e. The van der Waals surface area contributed by atoms with Crippen molar-refractivity contribution in [3.8, 4) is 0 Å². The van der Waals surface area contributed by atoms with Crippen LogP contribution in [0, 0.1) is 0 Å². The summed E-state index contributed by atoms with van der Waals surface area (Å²) < 4.78 is 0. The lowest BCUT2D eigenvalue weighted by Crippen LogP contribution is -2.20. The number of para-hydroxylation sites is 1. The van der Waals surface area contributed by atoms with Gasteiger partial charge in [0.15, 0.2) is 0 Å². The highest BCUT2D eigenvalue weighted by atomic mass is 15.1. The minimum absolute atomic E-state index is 1.07. The van der Waals surface area contributed by atoms with E-state index < -0.39 is 0 Å². The fourth-order valence-electron chi connectivity index (χ4n) is 2.35. The van der Waals surface area contributed by atoms with Crippen LogP contribution in [0.1, 0.15) is 87.0 Å². The number of anilines is 1. The molecule has 0 aliphatic heterocycles. The van der Waals surface area contributed by atoms with Crippen LogP contribution in [0.2, 0.25) is 0 Å². The maximum atomic E-state index is 3.99. The number of nitrogens with zero attached hydrogens (tertiary/aromatic N) is 1. The SMILES string of the molecule is C=C/C(=C\CCC)N(C1=CCCC=C1)c1ccccc1.CC.CC.CCCC. The molecule has 0 heterocycles. The Morgan fingerprint density at radius 3 is 1.96 bits per heavy atom. The molecular formula is C27H45N. The van der Waals surface area contributed by atoms with Crippen LogP contribution >= 0.6 is 0 Å². The van der Waals surface area contributed by atoms with Crippen LogP contribution in [0.15, 0.2) is 78.7 Å². The predicted molar refractivity (Wildman–Crippen MR) is 132 cm³/mol. The van der Waals surface area contributed by atoms with E-state index in [4.69, 9.17) is 0 Å². The normalized spacial score (nSPS) is 12.1. The van der Waals surface area contributed by atoms with Crippen molar-refractivity contribution in [2.45, 2.75) is 87.0 Å². The van der Waals surface area contributed by atoms with E-state index in [2.05, 4.69) is 86.9 Å². The second-order valence-electron chi connectivity index (χ2n) is 5.90. The van der Waals surface area contributed by atoms with Crippen molar-refractivity contribution in [2.75, 3.05) is 4.90 Å². The van der Waals surface area contributed by atoms with Crippen LogP contribution < -0.4 is 4.90 Å².